The fourth-order valence-electron chi connectivity index (χ4n) is 8.29. The molecule has 0 saturated carbocycles. The number of methoxy groups -OCH3 is 1. The number of anilines is 2. The molecule has 260 valence electrons. The average Bonchev–Trinajstić information content (AvgIpc) is 3.90. The third-order valence-corrected chi connectivity index (χ3v) is 15.2. The van der Waals surface area contributed by atoms with Gasteiger partial charge in [0.25, 0.3) is 5.91 Å². The Morgan fingerprint density at radius 3 is 2.56 bits per heavy atom. The molecule has 1 N–H and O–H groups in total. The molecule has 4 aromatic rings. The Morgan fingerprint density at radius 2 is 1.88 bits per heavy atom. The molecule has 12 heteroatoms. The zero-order valence-corrected chi connectivity index (χ0v) is 29.9. The number of carbonyl (C=O) groups excluding carboxylic acids is 2. The van der Waals surface area contributed by atoms with Gasteiger partial charge in [0.05, 0.1) is 39.7 Å². The van der Waals surface area contributed by atoms with Crippen LogP contribution in [0.3, 0.4) is 0 Å². The van der Waals surface area contributed by atoms with Crippen LogP contribution in [0.5, 0.6) is 5.75 Å². The van der Waals surface area contributed by atoms with Crippen molar-refractivity contribution in [2.45, 2.75) is 56.3 Å². The molecule has 2 saturated heterocycles. The Bertz CT molecular complexity index is 1900. The number of fused-ring (bicyclic) bond motifs is 2. The second-order valence-electron chi connectivity index (χ2n) is 13.8. The molecular formula is C38H43N5O6Si. The highest BCUT2D eigenvalue weighted by Gasteiger charge is 2.66. The molecule has 5 atom stereocenters. The van der Waals surface area contributed by atoms with Crippen molar-refractivity contribution >= 4 is 36.6 Å². The summed E-state index contributed by atoms with van der Waals surface area (Å²) in [6.45, 7) is 12.3. The molecule has 7 rings (SSSR count). The Kier molecular flexibility index (Phi) is 8.87. The van der Waals surface area contributed by atoms with Crippen LogP contribution < -0.4 is 19.7 Å². The quantitative estimate of drug-likeness (QED) is 0.169. The molecule has 0 bridgehead atoms. The van der Waals surface area contributed by atoms with Gasteiger partial charge in [-0.2, -0.15) is 0 Å². The Labute approximate surface area is 293 Å². The number of hydrogen-bond donors (Lipinski definition) is 1. The van der Waals surface area contributed by atoms with E-state index in [1.807, 2.05) is 60.7 Å². The molecule has 11 nitrogen and oxygen atoms in total. The topological polar surface area (TPSA) is 119 Å². The van der Waals surface area contributed by atoms with Gasteiger partial charge in [-0.05, 0) is 47.9 Å². The van der Waals surface area contributed by atoms with Crippen molar-refractivity contribution in [3.63, 3.8) is 0 Å². The summed E-state index contributed by atoms with van der Waals surface area (Å²) < 4.78 is 19.7. The predicted molar refractivity (Wildman–Crippen MR) is 192 cm³/mol. The molecule has 0 unspecified atom stereocenters. The van der Waals surface area contributed by atoms with Crippen molar-refractivity contribution in [2.24, 2.45) is 5.92 Å². The number of cyclic esters (lactones) is 1. The third kappa shape index (κ3) is 5.51. The minimum Gasteiger partial charge on any atom is -0.497 e. The van der Waals surface area contributed by atoms with Gasteiger partial charge in [0.1, 0.15) is 24.2 Å². The average molecular weight is 694 g/mol. The molecule has 1 spiro atoms. The number of rotatable bonds is 11. The smallest absolute Gasteiger partial charge is 0.414 e. The fourth-order valence-corrected chi connectivity index (χ4v) is 12.4. The zero-order valence-electron chi connectivity index (χ0n) is 28.9. The first-order valence-corrected chi connectivity index (χ1v) is 20.1. The van der Waals surface area contributed by atoms with Crippen molar-refractivity contribution in [3.05, 3.63) is 108 Å². The summed E-state index contributed by atoms with van der Waals surface area (Å²) in [5.74, 6) is 0.446. The van der Waals surface area contributed by atoms with Crippen LogP contribution in [0, 0.1) is 5.92 Å². The summed E-state index contributed by atoms with van der Waals surface area (Å²) in [4.78, 5) is 30.8. The molecule has 3 aliphatic heterocycles. The molecule has 2 amide bonds. The minimum absolute atomic E-state index is 0.00897. The van der Waals surface area contributed by atoms with E-state index in [0.717, 1.165) is 22.6 Å². The highest BCUT2D eigenvalue weighted by atomic mass is 28.3. The van der Waals surface area contributed by atoms with E-state index in [1.54, 1.807) is 33.9 Å². The molecule has 2 fully saturated rings. The first kappa shape index (κ1) is 33.7. The van der Waals surface area contributed by atoms with Gasteiger partial charge in [-0.25, -0.2) is 4.79 Å². The van der Waals surface area contributed by atoms with Crippen LogP contribution in [-0.2, 0) is 26.4 Å². The maximum atomic E-state index is 14.8. The number of ether oxygens (including phenoxy) is 3. The predicted octanol–water partition coefficient (Wildman–Crippen LogP) is 5.16. The summed E-state index contributed by atoms with van der Waals surface area (Å²) in [5.41, 5.74) is 2.13. The summed E-state index contributed by atoms with van der Waals surface area (Å²) in [6, 6.07) is 23.4. The lowest BCUT2D eigenvalue weighted by Gasteiger charge is -2.37. The Balaban J connectivity index is 1.27. The van der Waals surface area contributed by atoms with Crippen molar-refractivity contribution in [1.29, 1.82) is 0 Å². The number of aliphatic hydroxyl groups is 1. The number of aliphatic hydroxyl groups excluding tert-OH is 1. The number of carbonyl (C=O) groups is 2. The van der Waals surface area contributed by atoms with E-state index in [-0.39, 0.29) is 23.5 Å². The summed E-state index contributed by atoms with van der Waals surface area (Å²) in [7, 11) is -0.720. The van der Waals surface area contributed by atoms with Crippen molar-refractivity contribution in [1.82, 2.24) is 15.0 Å². The fraction of sp³-hybridized carbons (Fsp3) is 0.368. The minimum atomic E-state index is -2.38. The molecule has 3 aliphatic rings. The SMILES string of the molecule is C=CCN1C(=O)[C@]2(O[C@H](CCn3cc([C@H](O)c4ccccc4)nn3)[C@@H]([Si](C)(C)c3ccc(OC)cc3)[C@@H]2C)c2cc(N3CCOC3=O)ccc21. The Hall–Kier alpha value is -4.78. The molecule has 50 heavy (non-hydrogen) atoms. The van der Waals surface area contributed by atoms with Crippen LogP contribution in [0.2, 0.25) is 18.6 Å². The van der Waals surface area contributed by atoms with Crippen LogP contribution >= 0.6 is 0 Å². The lowest BCUT2D eigenvalue weighted by molar-refractivity contribution is -0.145. The van der Waals surface area contributed by atoms with E-state index in [2.05, 4.69) is 49.0 Å². The maximum Gasteiger partial charge on any atom is 0.414 e. The lowest BCUT2D eigenvalue weighted by atomic mass is 9.82. The zero-order chi connectivity index (χ0) is 35.2. The number of nitrogens with zero attached hydrogens (tertiary/aromatic N) is 5. The second-order valence-corrected chi connectivity index (χ2v) is 18.5. The molecule has 3 aromatic carbocycles. The number of amides is 2. The van der Waals surface area contributed by atoms with Crippen LogP contribution in [0.1, 0.15) is 36.3 Å². The van der Waals surface area contributed by atoms with Crippen LogP contribution in [0.25, 0.3) is 0 Å². The van der Waals surface area contributed by atoms with Gasteiger partial charge in [-0.3, -0.25) is 14.4 Å². The molecule has 1 aromatic heterocycles. The monoisotopic (exact) mass is 693 g/mol. The van der Waals surface area contributed by atoms with Gasteiger partial charge in [-0.1, -0.05) is 79.0 Å². The van der Waals surface area contributed by atoms with E-state index < -0.39 is 25.9 Å². The van der Waals surface area contributed by atoms with E-state index in [9.17, 15) is 14.7 Å². The first-order valence-electron chi connectivity index (χ1n) is 17.1. The van der Waals surface area contributed by atoms with E-state index in [1.165, 1.54) is 5.19 Å². The molecule has 4 heterocycles. The molecule has 0 radical (unpaired) electrons. The maximum absolute atomic E-state index is 14.8. The summed E-state index contributed by atoms with van der Waals surface area (Å²) in [5, 5.41) is 20.8. The van der Waals surface area contributed by atoms with Crippen LogP contribution in [0.4, 0.5) is 16.2 Å². The largest absolute Gasteiger partial charge is 0.497 e. The van der Waals surface area contributed by atoms with Gasteiger partial charge in [0.2, 0.25) is 0 Å². The highest BCUT2D eigenvalue weighted by molar-refractivity contribution is 6.91. The second kappa shape index (κ2) is 13.2. The Morgan fingerprint density at radius 1 is 1.12 bits per heavy atom. The summed E-state index contributed by atoms with van der Waals surface area (Å²) >= 11 is 0. The highest BCUT2D eigenvalue weighted by Crippen LogP contribution is 2.60. The van der Waals surface area contributed by atoms with Gasteiger partial charge in [0.15, 0.2) is 5.60 Å². The molecular weight excluding hydrogens is 651 g/mol. The van der Waals surface area contributed by atoms with Gasteiger partial charge in [0, 0.05) is 30.3 Å². The normalized spacial score (nSPS) is 23.7. The van der Waals surface area contributed by atoms with E-state index in [0.29, 0.717) is 44.0 Å². The van der Waals surface area contributed by atoms with Crippen molar-refractivity contribution in [3.8, 4) is 5.75 Å². The number of aryl methyl sites for hydroxylation is 1. The number of aromatic nitrogens is 3. The number of hydrogen-bond acceptors (Lipinski definition) is 8. The standard InChI is InChI=1S/C38H43N5O6Si/c1-6-19-43-32-17-12-27(42-21-22-48-37(42)46)23-30(32)38(36(43)45)25(2)35(50(4,5)29-15-13-28(47-3)14-16-29)33(49-38)18-20-41-24-31(39-40-41)34(44)26-10-8-7-9-11-26/h6-17,23-25,33-35,44H,1,18-22H2,2-5H3/t25-,33+,34+,35-,38+/m0/s1. The van der Waals surface area contributed by atoms with Crippen molar-refractivity contribution < 1.29 is 28.9 Å². The van der Waals surface area contributed by atoms with Gasteiger partial charge in [-0.15, -0.1) is 11.7 Å². The molecule has 0 aliphatic carbocycles. The number of benzene rings is 3. The summed E-state index contributed by atoms with van der Waals surface area (Å²) in [6.07, 6.45) is 2.45. The van der Waals surface area contributed by atoms with Gasteiger partial charge < -0.3 is 24.2 Å². The first-order chi connectivity index (χ1) is 24.1. The lowest BCUT2D eigenvalue weighted by Crippen LogP contribution is -2.52. The van der Waals surface area contributed by atoms with E-state index in [4.69, 9.17) is 14.2 Å². The van der Waals surface area contributed by atoms with Gasteiger partial charge >= 0.3 is 6.09 Å². The van der Waals surface area contributed by atoms with E-state index >= 15 is 0 Å². The third-order valence-electron chi connectivity index (χ3n) is 10.8. The van der Waals surface area contributed by atoms with Crippen LogP contribution in [-0.4, -0.2) is 73.1 Å². The van der Waals surface area contributed by atoms with Crippen molar-refractivity contribution in [2.75, 3.05) is 36.6 Å². The van der Waals surface area contributed by atoms with Crippen LogP contribution in [0.15, 0.2) is 91.6 Å².